The van der Waals surface area contributed by atoms with Crippen molar-refractivity contribution in [2.45, 2.75) is 6.43 Å². The zero-order valence-electron chi connectivity index (χ0n) is 6.26. The Morgan fingerprint density at radius 3 is 2.92 bits per heavy atom. The maximum Gasteiger partial charge on any atom is 0.280 e. The molecule has 0 aromatic carbocycles. The van der Waals surface area contributed by atoms with Crippen molar-refractivity contribution in [1.29, 1.82) is 0 Å². The van der Waals surface area contributed by atoms with Gasteiger partial charge < -0.3 is 0 Å². The minimum absolute atomic E-state index is 0.261. The lowest BCUT2D eigenvalue weighted by atomic mass is 10.3. The Kier molecular flexibility index (Phi) is 1.99. The van der Waals surface area contributed by atoms with Crippen LogP contribution in [0.1, 0.15) is 12.1 Å². The predicted octanol–water partition coefficient (Wildman–Crippen LogP) is 2.66. The van der Waals surface area contributed by atoms with Crippen molar-refractivity contribution in [2.75, 3.05) is 0 Å². The normalized spacial score (nSPS) is 11.4. The Bertz CT molecular complexity index is 440. The summed E-state index contributed by atoms with van der Waals surface area (Å²) in [5.41, 5.74) is 0.105. The van der Waals surface area contributed by atoms with Gasteiger partial charge in [0.15, 0.2) is 5.65 Å². The van der Waals surface area contributed by atoms with Crippen LogP contribution < -0.4 is 0 Å². The molecule has 0 radical (unpaired) electrons. The van der Waals surface area contributed by atoms with Crippen LogP contribution in [-0.2, 0) is 0 Å². The molecular formula is C7H4BrF2N3. The van der Waals surface area contributed by atoms with Crippen LogP contribution >= 0.6 is 15.9 Å². The van der Waals surface area contributed by atoms with Crippen LogP contribution in [-0.4, -0.2) is 15.2 Å². The van der Waals surface area contributed by atoms with Crippen molar-refractivity contribution in [2.24, 2.45) is 0 Å². The van der Waals surface area contributed by atoms with Crippen LogP contribution in [0.15, 0.2) is 16.7 Å². The lowest BCUT2D eigenvalue weighted by Gasteiger charge is -1.99. The molecule has 2 heterocycles. The molecule has 0 amide bonds. The summed E-state index contributed by atoms with van der Waals surface area (Å²) < 4.78 is 25.1. The maximum atomic E-state index is 12.3. The number of aromatic amines is 1. The highest BCUT2D eigenvalue weighted by atomic mass is 79.9. The number of fused-ring (bicyclic) bond motifs is 1. The van der Waals surface area contributed by atoms with E-state index < -0.39 is 6.43 Å². The predicted molar refractivity (Wildman–Crippen MR) is 46.5 cm³/mol. The van der Waals surface area contributed by atoms with Gasteiger partial charge in [0.05, 0.1) is 11.6 Å². The minimum atomic E-state index is -2.57. The molecule has 13 heavy (non-hydrogen) atoms. The molecule has 3 nitrogen and oxygen atoms in total. The molecule has 0 saturated heterocycles. The van der Waals surface area contributed by atoms with Gasteiger partial charge in [-0.3, -0.25) is 5.10 Å². The molecule has 0 aliphatic heterocycles. The summed E-state index contributed by atoms with van der Waals surface area (Å²) in [6.45, 7) is 0. The molecule has 2 rings (SSSR count). The summed E-state index contributed by atoms with van der Waals surface area (Å²) in [5.74, 6) is 0. The molecular weight excluding hydrogens is 244 g/mol. The lowest BCUT2D eigenvalue weighted by molar-refractivity contribution is 0.146. The van der Waals surface area contributed by atoms with E-state index in [9.17, 15) is 8.78 Å². The summed E-state index contributed by atoms with van der Waals surface area (Å²) in [6.07, 6.45) is -1.04. The number of hydrogen-bond acceptors (Lipinski definition) is 2. The van der Waals surface area contributed by atoms with E-state index in [1.807, 2.05) is 0 Å². The number of nitrogens with one attached hydrogen (secondary N) is 1. The highest BCUT2D eigenvalue weighted by Crippen LogP contribution is 2.26. The summed E-state index contributed by atoms with van der Waals surface area (Å²) in [4.78, 5) is 3.70. The third-order valence-electron chi connectivity index (χ3n) is 1.62. The molecule has 0 bridgehead atoms. The Morgan fingerprint density at radius 1 is 1.46 bits per heavy atom. The molecule has 0 unspecified atom stereocenters. The third-order valence-corrected chi connectivity index (χ3v) is 2.27. The van der Waals surface area contributed by atoms with Gasteiger partial charge in [0.1, 0.15) is 5.69 Å². The second-order valence-corrected chi connectivity index (χ2v) is 3.32. The van der Waals surface area contributed by atoms with E-state index >= 15 is 0 Å². The van der Waals surface area contributed by atoms with Gasteiger partial charge in [-0.05, 0) is 22.0 Å². The largest absolute Gasteiger partial charge is 0.280 e. The first-order valence-corrected chi connectivity index (χ1v) is 4.25. The zero-order valence-corrected chi connectivity index (χ0v) is 7.85. The van der Waals surface area contributed by atoms with Gasteiger partial charge >= 0.3 is 0 Å². The van der Waals surface area contributed by atoms with Crippen LogP contribution in [0.2, 0.25) is 0 Å². The summed E-state index contributed by atoms with van der Waals surface area (Å²) in [7, 11) is 0. The van der Waals surface area contributed by atoms with Crippen molar-refractivity contribution in [1.82, 2.24) is 15.2 Å². The van der Waals surface area contributed by atoms with Gasteiger partial charge in [-0.15, -0.1) is 0 Å². The smallest absolute Gasteiger partial charge is 0.261 e. The fourth-order valence-electron chi connectivity index (χ4n) is 1.02. The minimum Gasteiger partial charge on any atom is -0.261 e. The number of aromatic nitrogens is 3. The van der Waals surface area contributed by atoms with Crippen molar-refractivity contribution in [3.05, 3.63) is 22.4 Å². The van der Waals surface area contributed by atoms with Crippen LogP contribution in [0, 0.1) is 0 Å². The standard InChI is InChI=1S/C7H4BrF2N3/c8-4-1-5(6(9)10)12-7-3(4)2-11-13-7/h1-2,6H,(H,11,12,13). The monoisotopic (exact) mass is 247 g/mol. The lowest BCUT2D eigenvalue weighted by Crippen LogP contribution is -1.90. The molecule has 6 heteroatoms. The number of halogens is 3. The zero-order chi connectivity index (χ0) is 9.42. The molecule has 1 N–H and O–H groups in total. The highest BCUT2D eigenvalue weighted by molar-refractivity contribution is 9.10. The second kappa shape index (κ2) is 3.02. The van der Waals surface area contributed by atoms with E-state index in [4.69, 9.17) is 0 Å². The molecule has 0 saturated carbocycles. The number of nitrogens with zero attached hydrogens (tertiary/aromatic N) is 2. The van der Waals surface area contributed by atoms with E-state index in [1.54, 1.807) is 0 Å². The average molecular weight is 248 g/mol. The number of alkyl halides is 2. The summed E-state index contributed by atoms with van der Waals surface area (Å²) in [6, 6.07) is 1.29. The highest BCUT2D eigenvalue weighted by Gasteiger charge is 2.12. The Hall–Kier alpha value is -1.04. The van der Waals surface area contributed by atoms with E-state index in [2.05, 4.69) is 31.1 Å². The van der Waals surface area contributed by atoms with Crippen molar-refractivity contribution in [3.63, 3.8) is 0 Å². The molecule has 0 atom stereocenters. The van der Waals surface area contributed by atoms with Gasteiger partial charge in [0, 0.05) is 4.47 Å². The van der Waals surface area contributed by atoms with Crippen molar-refractivity contribution >= 4 is 27.0 Å². The second-order valence-electron chi connectivity index (χ2n) is 2.46. The first-order chi connectivity index (χ1) is 6.18. The molecule has 0 aliphatic carbocycles. The Labute approximate surface area is 80.3 Å². The maximum absolute atomic E-state index is 12.3. The van der Waals surface area contributed by atoms with E-state index in [0.29, 0.717) is 15.5 Å². The van der Waals surface area contributed by atoms with Crippen LogP contribution in [0.4, 0.5) is 8.78 Å². The van der Waals surface area contributed by atoms with E-state index in [0.717, 1.165) is 0 Å². The van der Waals surface area contributed by atoms with Gasteiger partial charge in [-0.2, -0.15) is 5.10 Å². The quantitative estimate of drug-likeness (QED) is 0.842. The Morgan fingerprint density at radius 2 is 2.23 bits per heavy atom. The molecule has 2 aromatic heterocycles. The SMILES string of the molecule is FC(F)c1cc(Br)c2cn[nH]c2n1. The van der Waals surface area contributed by atoms with Crippen molar-refractivity contribution < 1.29 is 8.78 Å². The first kappa shape index (κ1) is 8.55. The number of H-pyrrole nitrogens is 1. The fraction of sp³-hybridized carbons (Fsp3) is 0.143. The average Bonchev–Trinajstić information content (AvgIpc) is 2.51. The van der Waals surface area contributed by atoms with Crippen LogP contribution in [0.3, 0.4) is 0 Å². The number of hydrogen-bond donors (Lipinski definition) is 1. The van der Waals surface area contributed by atoms with Gasteiger partial charge in [-0.1, -0.05) is 0 Å². The van der Waals surface area contributed by atoms with Gasteiger partial charge in [0.2, 0.25) is 0 Å². The molecule has 0 fully saturated rings. The number of rotatable bonds is 1. The van der Waals surface area contributed by atoms with Crippen LogP contribution in [0.25, 0.3) is 11.0 Å². The number of pyridine rings is 1. The van der Waals surface area contributed by atoms with Gasteiger partial charge in [-0.25, -0.2) is 13.8 Å². The summed E-state index contributed by atoms with van der Waals surface area (Å²) >= 11 is 3.16. The van der Waals surface area contributed by atoms with E-state index in [1.165, 1.54) is 12.3 Å². The molecule has 0 aliphatic rings. The third kappa shape index (κ3) is 1.41. The Balaban J connectivity index is 2.70. The molecule has 68 valence electrons. The van der Waals surface area contributed by atoms with Gasteiger partial charge in [0.25, 0.3) is 6.43 Å². The first-order valence-electron chi connectivity index (χ1n) is 3.46. The topological polar surface area (TPSA) is 41.6 Å². The van der Waals surface area contributed by atoms with Crippen LogP contribution in [0.5, 0.6) is 0 Å². The van der Waals surface area contributed by atoms with Crippen molar-refractivity contribution in [3.8, 4) is 0 Å². The van der Waals surface area contributed by atoms with E-state index in [-0.39, 0.29) is 5.69 Å². The molecule has 0 spiro atoms. The fourth-order valence-corrected chi connectivity index (χ4v) is 1.54. The summed E-state index contributed by atoms with van der Waals surface area (Å²) in [5, 5.41) is 6.93. The molecule has 2 aromatic rings.